The number of allylic oxidation sites excluding steroid dienone is 5. The summed E-state index contributed by atoms with van der Waals surface area (Å²) in [6.07, 6.45) is 15.3. The summed E-state index contributed by atoms with van der Waals surface area (Å²) in [6.45, 7) is 15.9. The molecule has 1 fully saturated rings. The molecule has 0 aromatic carbocycles. The molecule has 0 saturated carbocycles. The van der Waals surface area contributed by atoms with Crippen LogP contribution in [-0.2, 0) is 0 Å². The van der Waals surface area contributed by atoms with Gasteiger partial charge in [-0.1, -0.05) is 45.2 Å². The minimum Gasteiger partial charge on any atom is -0.392 e. The van der Waals surface area contributed by atoms with Crippen LogP contribution >= 0.6 is 0 Å². The van der Waals surface area contributed by atoms with Gasteiger partial charge in [0.05, 0.1) is 24.0 Å². The first-order valence-electron chi connectivity index (χ1n) is 14.1. The zero-order valence-electron chi connectivity index (χ0n) is 23.4. The number of piperidine rings is 1. The molecule has 204 valence electrons. The first kappa shape index (κ1) is 27.7. The third-order valence-corrected chi connectivity index (χ3v) is 7.59. The van der Waals surface area contributed by atoms with Gasteiger partial charge in [0.1, 0.15) is 5.82 Å². The van der Waals surface area contributed by atoms with Gasteiger partial charge < -0.3 is 20.2 Å². The van der Waals surface area contributed by atoms with E-state index in [2.05, 4.69) is 67.4 Å². The quantitative estimate of drug-likeness (QED) is 0.525. The Kier molecular flexibility index (Phi) is 9.45. The fourth-order valence-corrected chi connectivity index (χ4v) is 5.52. The van der Waals surface area contributed by atoms with E-state index >= 15 is 0 Å². The lowest BCUT2D eigenvalue weighted by Gasteiger charge is -2.39. The SMILES string of the molecule is C=C1CCC(/C=C\CC)=C(/CC)C(=C)N2CCCCC2c2cc3nc(/C=C/CO)cc(n3n2)N(C)CCN1. The van der Waals surface area contributed by atoms with Crippen LogP contribution in [0.1, 0.15) is 76.2 Å². The van der Waals surface area contributed by atoms with Crippen molar-refractivity contribution in [1.29, 1.82) is 0 Å². The molecule has 4 heterocycles. The van der Waals surface area contributed by atoms with E-state index < -0.39 is 0 Å². The predicted molar refractivity (Wildman–Crippen MR) is 158 cm³/mol. The number of fused-ring (bicyclic) bond motifs is 3. The lowest BCUT2D eigenvalue weighted by atomic mass is 9.93. The Morgan fingerprint density at radius 3 is 2.71 bits per heavy atom. The van der Waals surface area contributed by atoms with Crippen LogP contribution in [0.4, 0.5) is 5.82 Å². The zero-order valence-corrected chi connectivity index (χ0v) is 23.4. The summed E-state index contributed by atoms with van der Waals surface area (Å²) in [7, 11) is 2.09. The van der Waals surface area contributed by atoms with E-state index in [1.807, 2.05) is 16.7 Å². The minimum absolute atomic E-state index is 0.0174. The number of hydrogen-bond donors (Lipinski definition) is 2. The summed E-state index contributed by atoms with van der Waals surface area (Å²) in [5.74, 6) is 0.973. The molecule has 0 spiro atoms. The number of nitrogens with zero attached hydrogens (tertiary/aromatic N) is 5. The topological polar surface area (TPSA) is 68.9 Å². The number of nitrogens with one attached hydrogen (secondary N) is 1. The molecule has 2 bridgehead atoms. The van der Waals surface area contributed by atoms with Crippen molar-refractivity contribution < 1.29 is 5.11 Å². The van der Waals surface area contributed by atoms with Crippen LogP contribution in [0.3, 0.4) is 0 Å². The van der Waals surface area contributed by atoms with Crippen molar-refractivity contribution in [2.45, 2.75) is 64.8 Å². The molecule has 1 saturated heterocycles. The Morgan fingerprint density at radius 2 is 1.95 bits per heavy atom. The summed E-state index contributed by atoms with van der Waals surface area (Å²) >= 11 is 0. The predicted octanol–water partition coefficient (Wildman–Crippen LogP) is 5.78. The molecule has 1 atom stereocenters. The second-order valence-corrected chi connectivity index (χ2v) is 10.2. The van der Waals surface area contributed by atoms with Crippen LogP contribution in [0, 0.1) is 0 Å². The molecule has 1 unspecified atom stereocenters. The van der Waals surface area contributed by atoms with E-state index in [0.717, 1.165) is 92.4 Å². The van der Waals surface area contributed by atoms with Gasteiger partial charge in [0.2, 0.25) is 0 Å². The first-order chi connectivity index (χ1) is 18.5. The second kappa shape index (κ2) is 13.0. The minimum atomic E-state index is -0.0174. The van der Waals surface area contributed by atoms with Crippen molar-refractivity contribution in [2.24, 2.45) is 0 Å². The van der Waals surface area contributed by atoms with Crippen LogP contribution < -0.4 is 10.2 Å². The number of anilines is 1. The molecule has 7 heteroatoms. The highest BCUT2D eigenvalue weighted by Gasteiger charge is 2.29. The fourth-order valence-electron chi connectivity index (χ4n) is 5.52. The summed E-state index contributed by atoms with van der Waals surface area (Å²) in [5, 5.41) is 18.0. The molecular weight excluding hydrogens is 472 g/mol. The largest absolute Gasteiger partial charge is 0.392 e. The van der Waals surface area contributed by atoms with Crippen LogP contribution in [0.15, 0.2) is 66.1 Å². The number of aromatic nitrogens is 3. The lowest BCUT2D eigenvalue weighted by molar-refractivity contribution is 0.195. The van der Waals surface area contributed by atoms with E-state index in [0.29, 0.717) is 0 Å². The van der Waals surface area contributed by atoms with Gasteiger partial charge in [-0.15, -0.1) is 0 Å². The van der Waals surface area contributed by atoms with E-state index in [1.54, 1.807) is 6.08 Å². The maximum Gasteiger partial charge on any atom is 0.158 e. The molecule has 0 aliphatic carbocycles. The van der Waals surface area contributed by atoms with E-state index in [9.17, 15) is 5.11 Å². The molecule has 2 aromatic heterocycles. The normalized spacial score (nSPS) is 22.2. The third-order valence-electron chi connectivity index (χ3n) is 7.59. The number of likely N-dealkylation sites (N-methyl/N-ethyl adjacent to an activating group) is 1. The van der Waals surface area contributed by atoms with Crippen LogP contribution in [0.5, 0.6) is 0 Å². The summed E-state index contributed by atoms with van der Waals surface area (Å²) in [5.41, 5.74) is 7.53. The Balaban J connectivity index is 1.85. The van der Waals surface area contributed by atoms with Gasteiger partial charge >= 0.3 is 0 Å². The van der Waals surface area contributed by atoms with Gasteiger partial charge in [-0.25, -0.2) is 4.98 Å². The smallest absolute Gasteiger partial charge is 0.158 e. The molecular formula is C31H44N6O. The number of hydrogen-bond acceptors (Lipinski definition) is 6. The highest BCUT2D eigenvalue weighted by atomic mass is 16.2. The van der Waals surface area contributed by atoms with Gasteiger partial charge in [0, 0.05) is 50.2 Å². The third kappa shape index (κ3) is 6.21. The van der Waals surface area contributed by atoms with Crippen molar-refractivity contribution in [2.75, 3.05) is 38.2 Å². The average molecular weight is 517 g/mol. The van der Waals surface area contributed by atoms with Crippen LogP contribution in [0.25, 0.3) is 11.7 Å². The molecule has 4 rings (SSSR count). The maximum atomic E-state index is 9.32. The molecule has 2 aromatic rings. The van der Waals surface area contributed by atoms with Crippen LogP contribution in [-0.4, -0.2) is 57.9 Å². The van der Waals surface area contributed by atoms with Crippen molar-refractivity contribution in [3.05, 3.63) is 77.4 Å². The molecule has 2 aliphatic rings. The Labute approximate surface area is 227 Å². The summed E-state index contributed by atoms with van der Waals surface area (Å²) in [4.78, 5) is 9.55. The highest BCUT2D eigenvalue weighted by molar-refractivity contribution is 5.59. The number of rotatable bonds is 5. The fraction of sp³-hybridized carbons (Fsp3) is 0.484. The Bertz CT molecular complexity index is 1240. The molecule has 2 N–H and O–H groups in total. The van der Waals surface area contributed by atoms with Gasteiger partial charge in [-0.2, -0.15) is 9.61 Å². The molecule has 0 radical (unpaired) electrons. The van der Waals surface area contributed by atoms with E-state index in [-0.39, 0.29) is 12.6 Å². The first-order valence-corrected chi connectivity index (χ1v) is 14.1. The Morgan fingerprint density at radius 1 is 1.11 bits per heavy atom. The monoisotopic (exact) mass is 516 g/mol. The number of aliphatic hydroxyl groups excluding tert-OH is 1. The van der Waals surface area contributed by atoms with Gasteiger partial charge in [0.15, 0.2) is 5.65 Å². The standard InChI is InChI=1S/C31H44N6O/c1-6-8-12-25-16-15-23(3)32-17-19-35(5)31-21-26(13-11-20-38)33-30-22-28(34-37(30)31)29-14-9-10-18-36(29)24(4)27(25)7-2/h8,11-13,21-22,29,32,38H,3-4,6-7,9-10,14-20H2,1-2,5H3/b12-8-,13-11+,27-25-. The van der Waals surface area contributed by atoms with Gasteiger partial charge in [0.25, 0.3) is 0 Å². The summed E-state index contributed by atoms with van der Waals surface area (Å²) < 4.78 is 1.97. The molecule has 0 amide bonds. The lowest BCUT2D eigenvalue weighted by Crippen LogP contribution is -2.34. The van der Waals surface area contributed by atoms with Crippen molar-refractivity contribution in [3.63, 3.8) is 0 Å². The van der Waals surface area contributed by atoms with Crippen molar-refractivity contribution in [1.82, 2.24) is 24.8 Å². The molecule has 7 nitrogen and oxygen atoms in total. The molecule has 38 heavy (non-hydrogen) atoms. The summed E-state index contributed by atoms with van der Waals surface area (Å²) in [6, 6.07) is 4.33. The Hall–Kier alpha value is -3.32. The molecule has 2 aliphatic heterocycles. The maximum absolute atomic E-state index is 9.32. The number of aliphatic hydroxyl groups is 1. The van der Waals surface area contributed by atoms with Gasteiger partial charge in [-0.05, 0) is 62.2 Å². The average Bonchev–Trinajstić information content (AvgIpc) is 3.36. The zero-order chi connectivity index (χ0) is 27.1. The van der Waals surface area contributed by atoms with E-state index in [1.165, 1.54) is 17.6 Å². The second-order valence-electron chi connectivity index (χ2n) is 10.2. The van der Waals surface area contributed by atoms with Gasteiger partial charge in [-0.3, -0.25) is 0 Å². The highest BCUT2D eigenvalue weighted by Crippen LogP contribution is 2.37. The van der Waals surface area contributed by atoms with E-state index in [4.69, 9.17) is 10.1 Å². The van der Waals surface area contributed by atoms with Crippen LogP contribution in [0.2, 0.25) is 0 Å². The van der Waals surface area contributed by atoms with Crippen molar-refractivity contribution in [3.8, 4) is 0 Å². The van der Waals surface area contributed by atoms with Crippen molar-refractivity contribution >= 4 is 17.5 Å².